The third-order valence-corrected chi connectivity index (χ3v) is 16.6. The number of hydrogen-bond donors (Lipinski definition) is 0. The van der Waals surface area contributed by atoms with E-state index in [-0.39, 0.29) is 71.1 Å². The summed E-state index contributed by atoms with van der Waals surface area (Å²) in [4.78, 5) is 116. The Kier molecular flexibility index (Phi) is 20.3. The van der Waals surface area contributed by atoms with Gasteiger partial charge in [-0.15, -0.1) is 0 Å². The van der Waals surface area contributed by atoms with Crippen LogP contribution < -0.4 is 9.47 Å². The van der Waals surface area contributed by atoms with Gasteiger partial charge in [-0.2, -0.15) is 0 Å². The van der Waals surface area contributed by atoms with Crippen molar-refractivity contribution >= 4 is 102 Å². The van der Waals surface area contributed by atoms with Gasteiger partial charge in [0.15, 0.2) is 11.6 Å². The van der Waals surface area contributed by atoms with Crippen molar-refractivity contribution in [1.29, 1.82) is 0 Å². The summed E-state index contributed by atoms with van der Waals surface area (Å²) in [6, 6.07) is 34.4. The molecule has 18 heteroatoms. The van der Waals surface area contributed by atoms with Gasteiger partial charge in [0, 0.05) is 104 Å². The third kappa shape index (κ3) is 15.1. The number of aromatic nitrogens is 2. The van der Waals surface area contributed by atoms with Crippen molar-refractivity contribution in [2.45, 2.75) is 137 Å². The van der Waals surface area contributed by atoms with Crippen molar-refractivity contribution < 1.29 is 67.0 Å². The number of Topliss-reactive ketones (excluding diaryl/α,β-unsaturated/α-hetero) is 2. The van der Waals surface area contributed by atoms with Crippen LogP contribution in [0.1, 0.15) is 177 Å². The van der Waals surface area contributed by atoms with E-state index in [4.69, 9.17) is 28.6 Å². The molecule has 2 fully saturated rings. The minimum atomic E-state index is -0.828. The zero-order chi connectivity index (χ0) is 62.6. The molecule has 0 aliphatic heterocycles. The number of unbranched alkanes of at least 4 members (excludes halogenated alkanes) is 2. The highest BCUT2D eigenvalue weighted by molar-refractivity contribution is 6.47. The molecule has 460 valence electrons. The number of fused-ring (bicyclic) bond motifs is 6. The van der Waals surface area contributed by atoms with Crippen molar-refractivity contribution in [3.05, 3.63) is 155 Å². The Hall–Kier alpha value is -9.58. The summed E-state index contributed by atoms with van der Waals surface area (Å²) in [5, 5.41) is 11.0. The monoisotopic (exact) mass is 1200 g/mol. The van der Waals surface area contributed by atoms with Gasteiger partial charge < -0.3 is 37.8 Å². The molecule has 2 aliphatic carbocycles. The highest BCUT2D eigenvalue weighted by atomic mass is 16.7. The normalized spacial score (nSPS) is 13.9. The topological polar surface area (TPSA) is 227 Å². The molecule has 18 nitrogen and oxygen atoms in total. The summed E-state index contributed by atoms with van der Waals surface area (Å²) in [6.07, 6.45) is 10.7. The van der Waals surface area contributed by atoms with Crippen LogP contribution in [-0.2, 0) is 41.8 Å². The van der Waals surface area contributed by atoms with E-state index in [0.29, 0.717) is 100 Å². The second-order valence-corrected chi connectivity index (χ2v) is 23.0. The first-order valence-electron chi connectivity index (χ1n) is 30.8. The van der Waals surface area contributed by atoms with Crippen molar-refractivity contribution in [3.63, 3.8) is 0 Å². The third-order valence-electron chi connectivity index (χ3n) is 16.6. The Balaban J connectivity index is 0.999. The molecule has 0 amide bonds. The predicted octanol–water partition coefficient (Wildman–Crippen LogP) is 15.4. The summed E-state index contributed by atoms with van der Waals surface area (Å²) in [6.45, 7) is 7.85. The summed E-state index contributed by atoms with van der Waals surface area (Å²) >= 11 is 0. The molecule has 0 bridgehead atoms. The highest BCUT2D eigenvalue weighted by Gasteiger charge is 2.27. The van der Waals surface area contributed by atoms with Gasteiger partial charge in [-0.25, -0.2) is 19.2 Å². The maximum atomic E-state index is 14.5. The Morgan fingerprint density at radius 2 is 0.753 bits per heavy atom. The Labute approximate surface area is 515 Å². The molecule has 6 aromatic carbocycles. The van der Waals surface area contributed by atoms with Crippen molar-refractivity contribution in [3.8, 4) is 11.5 Å². The largest absolute Gasteiger partial charge is 0.513 e. The molecule has 8 aromatic rings. The first-order valence-corrected chi connectivity index (χ1v) is 30.8. The second-order valence-electron chi connectivity index (χ2n) is 23.0. The molecule has 2 aliphatic rings. The molecule has 0 atom stereocenters. The number of rotatable bonds is 26. The standard InChI is InChI=1S/C71H72N4O14/c1-5-7-36-84-70(82)86-54-26-18-48(19-27-54)66(78)50-22-30-62-56(40-50)58-42-52(68(80)60(72-88-44(3)76)38-46-14-9-10-15-46)24-32-64(58)74(62)34-13-35-75-63-31-23-51(67(79)49-20-28-55(29-21-49)87-71(83)85-37-8-6-2)41-57(63)59-43-53(25-33-65(59)75)69(81)61(73-89-45(4)77)39-47-16-11-12-17-47/h18-33,40-43,46-47H,5-17,34-39H2,1-4H3/b72-60+,73-61+. The number of benzene rings is 6. The van der Waals surface area contributed by atoms with Crippen LogP contribution in [0.15, 0.2) is 132 Å². The first-order chi connectivity index (χ1) is 43.2. The van der Waals surface area contributed by atoms with Crippen LogP contribution in [0.25, 0.3) is 43.6 Å². The average molecular weight is 1210 g/mol. The highest BCUT2D eigenvalue weighted by Crippen LogP contribution is 2.37. The zero-order valence-corrected chi connectivity index (χ0v) is 50.6. The number of ketones is 4. The SMILES string of the molecule is CCCCOC(=O)Oc1ccc(C(=O)c2ccc3c(c2)c2cc(C(=O)/C(CC4CCCC4)=N/OC(C)=O)ccc2n3CCCn2c3ccc(C(=O)/C(CC4CCCC4)=N/OC(C)=O)cc3c3cc(C(=O)c4ccc(OC(=O)OCCCC)cc4)ccc32)cc1. The lowest BCUT2D eigenvalue weighted by Gasteiger charge is -2.12. The molecular weight excluding hydrogens is 1130 g/mol. The minimum absolute atomic E-state index is 0.161. The fraction of sp³-hybridized carbons (Fsp3) is 0.352. The Morgan fingerprint density at radius 3 is 1.09 bits per heavy atom. The fourth-order valence-electron chi connectivity index (χ4n) is 12.1. The number of aryl methyl sites for hydroxylation is 2. The maximum absolute atomic E-state index is 14.5. The molecule has 2 aromatic heterocycles. The summed E-state index contributed by atoms with van der Waals surface area (Å²) in [5.74, 6) is -1.65. The molecule has 0 N–H and O–H groups in total. The summed E-state index contributed by atoms with van der Waals surface area (Å²) < 4.78 is 25.3. The molecule has 0 saturated heterocycles. The van der Waals surface area contributed by atoms with Gasteiger partial charge in [0.25, 0.3) is 0 Å². The number of carbonyl (C=O) groups is 8. The Morgan fingerprint density at radius 1 is 0.427 bits per heavy atom. The van der Waals surface area contributed by atoms with Crippen LogP contribution in [0.5, 0.6) is 11.5 Å². The molecule has 0 radical (unpaired) electrons. The fourth-order valence-corrected chi connectivity index (χ4v) is 12.1. The number of oxime groups is 2. The minimum Gasteiger partial charge on any atom is -0.434 e. The zero-order valence-electron chi connectivity index (χ0n) is 50.6. The second kappa shape index (κ2) is 29.0. The van der Waals surface area contributed by atoms with E-state index in [1.807, 2.05) is 62.4 Å². The van der Waals surface area contributed by atoms with Gasteiger partial charge in [-0.05, 0) is 165 Å². The lowest BCUT2D eigenvalue weighted by molar-refractivity contribution is -0.141. The van der Waals surface area contributed by atoms with Crippen LogP contribution >= 0.6 is 0 Å². The molecule has 0 spiro atoms. The van der Waals surface area contributed by atoms with E-state index in [1.54, 1.807) is 48.5 Å². The van der Waals surface area contributed by atoms with E-state index < -0.39 is 24.2 Å². The van der Waals surface area contributed by atoms with E-state index in [0.717, 1.165) is 86.3 Å². The molecule has 0 unspecified atom stereocenters. The van der Waals surface area contributed by atoms with E-state index in [2.05, 4.69) is 19.4 Å². The molecule has 89 heavy (non-hydrogen) atoms. The summed E-state index contributed by atoms with van der Waals surface area (Å²) in [7, 11) is 0. The van der Waals surface area contributed by atoms with Crippen LogP contribution in [0.4, 0.5) is 9.59 Å². The Bertz CT molecular complexity index is 3800. The van der Waals surface area contributed by atoms with Crippen molar-refractivity contribution in [2.75, 3.05) is 13.2 Å². The maximum Gasteiger partial charge on any atom is 0.513 e. The lowest BCUT2D eigenvalue weighted by Crippen LogP contribution is -2.19. The van der Waals surface area contributed by atoms with Gasteiger partial charge in [0.2, 0.25) is 11.6 Å². The van der Waals surface area contributed by atoms with Crippen molar-refractivity contribution in [2.24, 2.45) is 22.1 Å². The lowest BCUT2D eigenvalue weighted by atomic mass is 9.95. The van der Waals surface area contributed by atoms with Gasteiger partial charge in [-0.3, -0.25) is 19.2 Å². The van der Waals surface area contributed by atoms with Crippen LogP contribution in [0, 0.1) is 11.8 Å². The van der Waals surface area contributed by atoms with Crippen LogP contribution in [0.3, 0.4) is 0 Å². The average Bonchev–Trinajstić information content (AvgIpc) is 1.66. The smallest absolute Gasteiger partial charge is 0.434 e. The van der Waals surface area contributed by atoms with Crippen molar-refractivity contribution in [1.82, 2.24) is 9.13 Å². The number of hydrogen-bond acceptors (Lipinski definition) is 16. The van der Waals surface area contributed by atoms with Crippen LogP contribution in [-0.4, -0.2) is 81.2 Å². The van der Waals surface area contributed by atoms with Gasteiger partial charge in [0.05, 0.1) is 13.2 Å². The van der Waals surface area contributed by atoms with Gasteiger partial charge >= 0.3 is 24.2 Å². The van der Waals surface area contributed by atoms with Gasteiger partial charge in [-0.1, -0.05) is 88.4 Å². The van der Waals surface area contributed by atoms with Gasteiger partial charge in [0.1, 0.15) is 22.9 Å². The number of ether oxygens (including phenoxy) is 4. The molecule has 10 rings (SSSR count). The summed E-state index contributed by atoms with van der Waals surface area (Å²) in [5.41, 5.74) is 5.69. The quantitative estimate of drug-likeness (QED) is 0.00935. The van der Waals surface area contributed by atoms with E-state index >= 15 is 0 Å². The van der Waals surface area contributed by atoms with Crippen LogP contribution in [0.2, 0.25) is 0 Å². The number of nitrogens with zero attached hydrogens (tertiary/aromatic N) is 4. The molecule has 2 heterocycles. The van der Waals surface area contributed by atoms with E-state index in [1.165, 1.54) is 38.1 Å². The molecular formula is C71H72N4O14. The number of carbonyl (C=O) groups excluding carboxylic acids is 8. The molecule has 2 saturated carbocycles. The van der Waals surface area contributed by atoms with E-state index in [9.17, 15) is 38.4 Å². The predicted molar refractivity (Wildman–Crippen MR) is 337 cm³/mol. The first kappa shape index (κ1) is 62.5.